The molecule has 5 rings (SSSR count). The molecule has 0 saturated heterocycles. The van der Waals surface area contributed by atoms with Gasteiger partial charge < -0.3 is 4.98 Å². The molecular weight excluding hydrogens is 439 g/mol. The highest BCUT2D eigenvalue weighted by Crippen LogP contribution is 2.33. The van der Waals surface area contributed by atoms with Crippen LogP contribution in [0.4, 0.5) is 13.2 Å². The summed E-state index contributed by atoms with van der Waals surface area (Å²) in [6.07, 6.45) is 1.45. The Labute approximate surface area is 180 Å². The first-order chi connectivity index (χ1) is 15.2. The molecule has 0 aliphatic heterocycles. The highest BCUT2D eigenvalue weighted by Gasteiger charge is 2.46. The van der Waals surface area contributed by atoms with Crippen LogP contribution in [0.2, 0.25) is 0 Å². The number of sulfone groups is 1. The Kier molecular flexibility index (Phi) is 4.52. The molecule has 0 radical (unpaired) electrons. The van der Waals surface area contributed by atoms with Crippen molar-refractivity contribution in [1.82, 2.24) is 15.0 Å². The van der Waals surface area contributed by atoms with Gasteiger partial charge >= 0.3 is 5.51 Å². The molecule has 0 saturated carbocycles. The standard InChI is InChI=1S/C23H14F3N3O2S/c24-23(25,26)32(30,31)18-6-3-5-15(11-18)21-13-27-22(29-21)17-9-8-16-10-14-4-1-2-7-19(14)28-20(16)12-17/h1-13H,(H,27,29). The number of benzene rings is 3. The van der Waals surface area contributed by atoms with Crippen LogP contribution in [0.15, 0.2) is 83.9 Å². The molecule has 0 spiro atoms. The zero-order valence-electron chi connectivity index (χ0n) is 16.3. The third-order valence-electron chi connectivity index (χ3n) is 5.13. The molecule has 32 heavy (non-hydrogen) atoms. The Morgan fingerprint density at radius 3 is 2.38 bits per heavy atom. The fourth-order valence-corrected chi connectivity index (χ4v) is 4.30. The number of nitrogens with one attached hydrogen (secondary N) is 1. The van der Waals surface area contributed by atoms with E-state index in [2.05, 4.69) is 15.0 Å². The molecule has 0 aliphatic carbocycles. The van der Waals surface area contributed by atoms with E-state index in [0.29, 0.717) is 11.5 Å². The van der Waals surface area contributed by atoms with Gasteiger partial charge in [0, 0.05) is 21.9 Å². The molecule has 2 aromatic heterocycles. The lowest BCUT2D eigenvalue weighted by Crippen LogP contribution is -2.23. The van der Waals surface area contributed by atoms with Crippen LogP contribution in [0.5, 0.6) is 0 Å². The van der Waals surface area contributed by atoms with E-state index in [1.807, 2.05) is 48.5 Å². The first-order valence-corrected chi connectivity index (χ1v) is 11.0. The highest BCUT2D eigenvalue weighted by atomic mass is 32.2. The Bertz CT molecular complexity index is 1590. The third-order valence-corrected chi connectivity index (χ3v) is 6.61. The van der Waals surface area contributed by atoms with Crippen LogP contribution in [-0.4, -0.2) is 28.9 Å². The summed E-state index contributed by atoms with van der Waals surface area (Å²) in [6, 6.07) is 20.2. The van der Waals surface area contributed by atoms with Crippen LogP contribution >= 0.6 is 0 Å². The van der Waals surface area contributed by atoms with Gasteiger partial charge in [0.2, 0.25) is 0 Å². The number of hydrogen-bond donors (Lipinski definition) is 1. The fourth-order valence-electron chi connectivity index (χ4n) is 3.50. The average Bonchev–Trinajstić information content (AvgIpc) is 3.27. The average molecular weight is 453 g/mol. The SMILES string of the molecule is O=S(=O)(c1cccc(-c2cnc(-c3ccc4cc5ccccc5nc4c3)[nH]2)c1)C(F)(F)F. The Morgan fingerprint density at radius 2 is 1.56 bits per heavy atom. The molecule has 0 unspecified atom stereocenters. The minimum atomic E-state index is -5.44. The first-order valence-electron chi connectivity index (χ1n) is 9.49. The Morgan fingerprint density at radius 1 is 0.781 bits per heavy atom. The number of nitrogens with zero attached hydrogens (tertiary/aromatic N) is 2. The van der Waals surface area contributed by atoms with Gasteiger partial charge in [0.15, 0.2) is 0 Å². The predicted molar refractivity (Wildman–Crippen MR) is 116 cm³/mol. The number of H-pyrrole nitrogens is 1. The van der Waals surface area contributed by atoms with E-state index in [1.165, 1.54) is 18.3 Å². The van der Waals surface area contributed by atoms with E-state index in [-0.39, 0.29) is 5.56 Å². The minimum Gasteiger partial charge on any atom is -0.338 e. The lowest BCUT2D eigenvalue weighted by Gasteiger charge is -2.09. The van der Waals surface area contributed by atoms with Gasteiger partial charge in [-0.15, -0.1) is 0 Å². The van der Waals surface area contributed by atoms with E-state index in [0.717, 1.165) is 39.5 Å². The topological polar surface area (TPSA) is 75.7 Å². The zero-order chi connectivity index (χ0) is 22.5. The summed E-state index contributed by atoms with van der Waals surface area (Å²) >= 11 is 0. The van der Waals surface area contributed by atoms with Crippen LogP contribution in [0.1, 0.15) is 0 Å². The van der Waals surface area contributed by atoms with Crippen LogP contribution < -0.4 is 0 Å². The maximum atomic E-state index is 12.9. The molecule has 5 nitrogen and oxygen atoms in total. The molecule has 2 heterocycles. The molecule has 3 aromatic carbocycles. The number of aromatic amines is 1. The van der Waals surface area contributed by atoms with Crippen molar-refractivity contribution >= 4 is 31.6 Å². The fraction of sp³-hybridized carbons (Fsp3) is 0.0435. The lowest BCUT2D eigenvalue weighted by molar-refractivity contribution is -0.0436. The summed E-state index contributed by atoms with van der Waals surface area (Å²) in [7, 11) is -5.44. The maximum Gasteiger partial charge on any atom is 0.501 e. The van der Waals surface area contributed by atoms with E-state index < -0.39 is 20.2 Å². The maximum absolute atomic E-state index is 12.9. The molecule has 0 fully saturated rings. The second-order valence-corrected chi connectivity index (χ2v) is 9.15. The van der Waals surface area contributed by atoms with E-state index in [1.54, 1.807) is 0 Å². The van der Waals surface area contributed by atoms with Crippen molar-refractivity contribution in [2.45, 2.75) is 10.4 Å². The van der Waals surface area contributed by atoms with E-state index >= 15 is 0 Å². The van der Waals surface area contributed by atoms with Crippen molar-refractivity contribution in [3.05, 3.63) is 79.0 Å². The van der Waals surface area contributed by atoms with Crippen molar-refractivity contribution in [1.29, 1.82) is 0 Å². The number of aromatic nitrogens is 3. The van der Waals surface area contributed by atoms with Gasteiger partial charge in [-0.05, 0) is 30.3 Å². The molecule has 5 aromatic rings. The Balaban J connectivity index is 1.53. The van der Waals surface area contributed by atoms with Gasteiger partial charge in [0.05, 0.1) is 27.8 Å². The highest BCUT2D eigenvalue weighted by molar-refractivity contribution is 7.92. The molecule has 0 amide bonds. The third kappa shape index (κ3) is 3.40. The van der Waals surface area contributed by atoms with Gasteiger partial charge in [-0.25, -0.2) is 18.4 Å². The van der Waals surface area contributed by atoms with Crippen LogP contribution in [0, 0.1) is 0 Å². The van der Waals surface area contributed by atoms with Crippen LogP contribution in [-0.2, 0) is 9.84 Å². The van der Waals surface area contributed by atoms with Crippen molar-refractivity contribution in [3.8, 4) is 22.6 Å². The zero-order valence-corrected chi connectivity index (χ0v) is 17.1. The van der Waals surface area contributed by atoms with Crippen molar-refractivity contribution < 1.29 is 21.6 Å². The summed E-state index contributed by atoms with van der Waals surface area (Å²) in [5.74, 6) is 0.487. The molecule has 160 valence electrons. The largest absolute Gasteiger partial charge is 0.501 e. The van der Waals surface area contributed by atoms with Gasteiger partial charge in [-0.3, -0.25) is 0 Å². The van der Waals surface area contributed by atoms with Gasteiger partial charge in [0.1, 0.15) is 5.82 Å². The minimum absolute atomic E-state index is 0.277. The second kappa shape index (κ2) is 7.16. The molecule has 0 bridgehead atoms. The summed E-state index contributed by atoms with van der Waals surface area (Å²) < 4.78 is 62.1. The summed E-state index contributed by atoms with van der Waals surface area (Å²) in [5.41, 5.74) is -2.32. The monoisotopic (exact) mass is 453 g/mol. The van der Waals surface area contributed by atoms with Gasteiger partial charge in [-0.1, -0.05) is 42.5 Å². The molecule has 0 aliphatic rings. The molecular formula is C23H14F3N3O2S. The normalized spacial score (nSPS) is 12.5. The quantitative estimate of drug-likeness (QED) is 0.354. The number of halogens is 3. The van der Waals surface area contributed by atoms with Crippen molar-refractivity contribution in [3.63, 3.8) is 0 Å². The number of pyridine rings is 1. The number of imidazole rings is 1. The predicted octanol–water partition coefficient (Wildman–Crippen LogP) is 5.74. The number of para-hydroxylation sites is 1. The number of fused-ring (bicyclic) bond motifs is 2. The smallest absolute Gasteiger partial charge is 0.338 e. The first kappa shape index (κ1) is 20.2. The second-order valence-electron chi connectivity index (χ2n) is 7.21. The van der Waals surface area contributed by atoms with E-state index in [4.69, 9.17) is 0 Å². The summed E-state index contributed by atoms with van der Waals surface area (Å²) in [6.45, 7) is 0. The number of alkyl halides is 3. The number of hydrogen-bond acceptors (Lipinski definition) is 4. The Hall–Kier alpha value is -3.72. The lowest BCUT2D eigenvalue weighted by atomic mass is 10.1. The van der Waals surface area contributed by atoms with Crippen molar-refractivity contribution in [2.24, 2.45) is 0 Å². The van der Waals surface area contributed by atoms with Crippen LogP contribution in [0.3, 0.4) is 0 Å². The molecule has 9 heteroatoms. The molecule has 1 N–H and O–H groups in total. The summed E-state index contributed by atoms with van der Waals surface area (Å²) in [5, 5.41) is 1.99. The molecule has 0 atom stereocenters. The number of rotatable bonds is 3. The van der Waals surface area contributed by atoms with Gasteiger partial charge in [-0.2, -0.15) is 13.2 Å². The van der Waals surface area contributed by atoms with Gasteiger partial charge in [0.25, 0.3) is 9.84 Å². The summed E-state index contributed by atoms with van der Waals surface area (Å²) in [4.78, 5) is 11.2. The van der Waals surface area contributed by atoms with Crippen LogP contribution in [0.25, 0.3) is 44.5 Å². The van der Waals surface area contributed by atoms with E-state index in [9.17, 15) is 21.6 Å². The van der Waals surface area contributed by atoms with Crippen molar-refractivity contribution in [2.75, 3.05) is 0 Å².